The van der Waals surface area contributed by atoms with E-state index in [4.69, 9.17) is 15.2 Å². The fraction of sp³-hybridized carbons (Fsp3) is 0.545. The van der Waals surface area contributed by atoms with Crippen LogP contribution in [0.5, 0.6) is 5.75 Å². The molecule has 1 aliphatic rings. The molecule has 0 aromatic carbocycles. The summed E-state index contributed by atoms with van der Waals surface area (Å²) in [5, 5.41) is 0. The SMILES string of the molecule is Cc1ccc(OC2CCOCC2)c(N)n1. The maximum atomic E-state index is 5.77. The summed E-state index contributed by atoms with van der Waals surface area (Å²) in [5.41, 5.74) is 6.68. The molecule has 1 saturated heterocycles. The van der Waals surface area contributed by atoms with Crippen LogP contribution in [-0.2, 0) is 4.74 Å². The number of nitrogens with two attached hydrogens (primary N) is 1. The lowest BCUT2D eigenvalue weighted by Gasteiger charge is -2.23. The molecule has 2 rings (SSSR count). The summed E-state index contributed by atoms with van der Waals surface area (Å²) in [6, 6.07) is 3.79. The van der Waals surface area contributed by atoms with Crippen LogP contribution in [0.4, 0.5) is 5.82 Å². The second-order valence-electron chi connectivity index (χ2n) is 3.77. The zero-order chi connectivity index (χ0) is 10.7. The van der Waals surface area contributed by atoms with Crippen LogP contribution in [-0.4, -0.2) is 24.3 Å². The van der Waals surface area contributed by atoms with Crippen molar-refractivity contribution in [1.29, 1.82) is 0 Å². The zero-order valence-corrected chi connectivity index (χ0v) is 8.90. The maximum Gasteiger partial charge on any atom is 0.166 e. The lowest BCUT2D eigenvalue weighted by molar-refractivity contribution is 0.0257. The lowest BCUT2D eigenvalue weighted by Crippen LogP contribution is -2.26. The van der Waals surface area contributed by atoms with E-state index in [0.29, 0.717) is 11.6 Å². The van der Waals surface area contributed by atoms with Crippen molar-refractivity contribution < 1.29 is 9.47 Å². The molecule has 82 valence electrons. The predicted molar refractivity (Wildman–Crippen MR) is 57.9 cm³/mol. The summed E-state index contributed by atoms with van der Waals surface area (Å²) in [7, 11) is 0. The molecule has 2 heterocycles. The Hall–Kier alpha value is -1.29. The van der Waals surface area contributed by atoms with Gasteiger partial charge in [0.1, 0.15) is 6.10 Å². The van der Waals surface area contributed by atoms with Gasteiger partial charge in [-0.2, -0.15) is 0 Å². The van der Waals surface area contributed by atoms with Gasteiger partial charge >= 0.3 is 0 Å². The lowest BCUT2D eigenvalue weighted by atomic mass is 10.1. The molecule has 2 N–H and O–H groups in total. The second kappa shape index (κ2) is 4.49. The summed E-state index contributed by atoms with van der Waals surface area (Å²) in [6.07, 6.45) is 2.06. The molecule has 1 aromatic rings. The number of hydrogen-bond acceptors (Lipinski definition) is 4. The highest BCUT2D eigenvalue weighted by molar-refractivity contribution is 5.46. The first kappa shape index (κ1) is 10.2. The molecule has 0 saturated carbocycles. The van der Waals surface area contributed by atoms with Gasteiger partial charge in [0.2, 0.25) is 0 Å². The van der Waals surface area contributed by atoms with E-state index in [-0.39, 0.29) is 6.10 Å². The molecule has 4 nitrogen and oxygen atoms in total. The van der Waals surface area contributed by atoms with E-state index in [1.54, 1.807) is 0 Å². The quantitative estimate of drug-likeness (QED) is 0.800. The van der Waals surface area contributed by atoms with E-state index in [9.17, 15) is 0 Å². The molecule has 0 amide bonds. The fourth-order valence-corrected chi connectivity index (χ4v) is 1.64. The fourth-order valence-electron chi connectivity index (χ4n) is 1.64. The minimum Gasteiger partial charge on any atom is -0.486 e. The minimum absolute atomic E-state index is 0.213. The summed E-state index contributed by atoms with van der Waals surface area (Å²) >= 11 is 0. The third kappa shape index (κ3) is 2.59. The predicted octanol–water partition coefficient (Wildman–Crippen LogP) is 1.53. The molecule has 1 fully saturated rings. The van der Waals surface area contributed by atoms with Crippen LogP contribution in [0, 0.1) is 6.92 Å². The Bertz CT molecular complexity index is 335. The van der Waals surface area contributed by atoms with Crippen molar-refractivity contribution in [2.75, 3.05) is 18.9 Å². The van der Waals surface area contributed by atoms with Crippen molar-refractivity contribution in [3.05, 3.63) is 17.8 Å². The smallest absolute Gasteiger partial charge is 0.166 e. The number of rotatable bonds is 2. The van der Waals surface area contributed by atoms with Gasteiger partial charge in [-0.05, 0) is 19.1 Å². The van der Waals surface area contributed by atoms with Crippen molar-refractivity contribution in [3.8, 4) is 5.75 Å². The van der Waals surface area contributed by atoms with Crippen LogP contribution >= 0.6 is 0 Å². The Morgan fingerprint density at radius 3 is 2.80 bits per heavy atom. The summed E-state index contributed by atoms with van der Waals surface area (Å²) in [4.78, 5) is 4.16. The van der Waals surface area contributed by atoms with Gasteiger partial charge in [-0.1, -0.05) is 0 Å². The molecule has 15 heavy (non-hydrogen) atoms. The number of aromatic nitrogens is 1. The zero-order valence-electron chi connectivity index (χ0n) is 8.90. The first-order valence-corrected chi connectivity index (χ1v) is 5.23. The number of pyridine rings is 1. The summed E-state index contributed by atoms with van der Waals surface area (Å²) in [5.74, 6) is 1.16. The third-order valence-electron chi connectivity index (χ3n) is 2.49. The number of hydrogen-bond donors (Lipinski definition) is 1. The van der Waals surface area contributed by atoms with Crippen LogP contribution in [0.1, 0.15) is 18.5 Å². The monoisotopic (exact) mass is 208 g/mol. The molecule has 0 unspecified atom stereocenters. The Balaban J connectivity index is 2.03. The van der Waals surface area contributed by atoms with Gasteiger partial charge < -0.3 is 15.2 Å². The van der Waals surface area contributed by atoms with E-state index < -0.39 is 0 Å². The van der Waals surface area contributed by atoms with Gasteiger partial charge in [0.15, 0.2) is 11.6 Å². The van der Waals surface area contributed by atoms with Gasteiger partial charge in [0.05, 0.1) is 13.2 Å². The third-order valence-corrected chi connectivity index (χ3v) is 2.49. The van der Waals surface area contributed by atoms with Crippen molar-refractivity contribution in [3.63, 3.8) is 0 Å². The topological polar surface area (TPSA) is 57.4 Å². The van der Waals surface area contributed by atoms with Crippen molar-refractivity contribution in [1.82, 2.24) is 4.98 Å². The molecule has 4 heteroatoms. The van der Waals surface area contributed by atoms with Gasteiger partial charge in [-0.25, -0.2) is 4.98 Å². The molecule has 1 aliphatic heterocycles. The van der Waals surface area contributed by atoms with Gasteiger partial charge in [-0.3, -0.25) is 0 Å². The van der Waals surface area contributed by atoms with Crippen LogP contribution in [0.15, 0.2) is 12.1 Å². The van der Waals surface area contributed by atoms with Crippen molar-refractivity contribution in [2.45, 2.75) is 25.9 Å². The average Bonchev–Trinajstić information content (AvgIpc) is 2.24. The van der Waals surface area contributed by atoms with Crippen LogP contribution in [0.3, 0.4) is 0 Å². The first-order valence-electron chi connectivity index (χ1n) is 5.23. The number of aryl methyl sites for hydroxylation is 1. The van der Waals surface area contributed by atoms with E-state index in [0.717, 1.165) is 31.7 Å². The molecular weight excluding hydrogens is 192 g/mol. The van der Waals surface area contributed by atoms with Gasteiger partial charge in [0.25, 0.3) is 0 Å². The molecule has 1 aromatic heterocycles. The molecule has 0 bridgehead atoms. The molecule has 0 aliphatic carbocycles. The highest BCUT2D eigenvalue weighted by atomic mass is 16.5. The van der Waals surface area contributed by atoms with Crippen molar-refractivity contribution >= 4 is 5.82 Å². The van der Waals surface area contributed by atoms with Gasteiger partial charge in [-0.15, -0.1) is 0 Å². The Morgan fingerprint density at radius 1 is 1.40 bits per heavy atom. The van der Waals surface area contributed by atoms with E-state index in [2.05, 4.69) is 4.98 Å². The van der Waals surface area contributed by atoms with E-state index >= 15 is 0 Å². The van der Waals surface area contributed by atoms with Gasteiger partial charge in [0, 0.05) is 18.5 Å². The molecule has 0 atom stereocenters. The Kier molecular flexibility index (Phi) is 3.06. The Labute approximate surface area is 89.4 Å². The van der Waals surface area contributed by atoms with Crippen LogP contribution < -0.4 is 10.5 Å². The molecular formula is C11H16N2O2. The van der Waals surface area contributed by atoms with Crippen LogP contribution in [0.25, 0.3) is 0 Å². The standard InChI is InChI=1S/C11H16N2O2/c1-8-2-3-10(11(12)13-8)15-9-4-6-14-7-5-9/h2-3,9H,4-7H2,1H3,(H2,12,13). The number of nitrogen functional groups attached to an aromatic ring is 1. The second-order valence-corrected chi connectivity index (χ2v) is 3.77. The minimum atomic E-state index is 0.213. The van der Waals surface area contributed by atoms with E-state index in [1.165, 1.54) is 0 Å². The highest BCUT2D eigenvalue weighted by Crippen LogP contribution is 2.23. The average molecular weight is 208 g/mol. The number of nitrogens with zero attached hydrogens (tertiary/aromatic N) is 1. The Morgan fingerprint density at radius 2 is 2.13 bits per heavy atom. The van der Waals surface area contributed by atoms with Crippen molar-refractivity contribution in [2.24, 2.45) is 0 Å². The summed E-state index contributed by atoms with van der Waals surface area (Å²) in [6.45, 7) is 3.45. The maximum absolute atomic E-state index is 5.77. The first-order chi connectivity index (χ1) is 7.25. The van der Waals surface area contributed by atoms with E-state index in [1.807, 2.05) is 19.1 Å². The summed E-state index contributed by atoms with van der Waals surface area (Å²) < 4.78 is 11.0. The highest BCUT2D eigenvalue weighted by Gasteiger charge is 2.16. The molecule has 0 radical (unpaired) electrons. The number of ether oxygens (including phenoxy) is 2. The van der Waals surface area contributed by atoms with Crippen LogP contribution in [0.2, 0.25) is 0 Å². The largest absolute Gasteiger partial charge is 0.486 e. The normalized spacial score (nSPS) is 17.7. The number of anilines is 1. The molecule has 0 spiro atoms.